The van der Waals surface area contributed by atoms with E-state index >= 15 is 0 Å². The van der Waals surface area contributed by atoms with Gasteiger partial charge in [0.2, 0.25) is 0 Å². The number of aromatic nitrogens is 2. The fraction of sp³-hybridized carbons (Fsp3) is 0.235. The highest BCUT2D eigenvalue weighted by molar-refractivity contribution is 5.74. The normalized spacial score (nSPS) is 12.5. The van der Waals surface area contributed by atoms with E-state index in [2.05, 4.69) is 23.0 Å². The van der Waals surface area contributed by atoms with Gasteiger partial charge in [-0.25, -0.2) is 4.98 Å². The summed E-state index contributed by atoms with van der Waals surface area (Å²) < 4.78 is 5.23. The van der Waals surface area contributed by atoms with Crippen LogP contribution in [0.25, 0.3) is 11.0 Å². The highest BCUT2D eigenvalue weighted by atomic mass is 16.5. The summed E-state index contributed by atoms with van der Waals surface area (Å²) in [5, 5.41) is 0. The summed E-state index contributed by atoms with van der Waals surface area (Å²) in [4.78, 5) is 7.86. The Bertz CT molecular complexity index is 731. The lowest BCUT2D eigenvalue weighted by molar-refractivity contribution is 0.414. The van der Waals surface area contributed by atoms with Gasteiger partial charge in [-0.3, -0.25) is 0 Å². The van der Waals surface area contributed by atoms with Crippen molar-refractivity contribution < 1.29 is 4.74 Å². The molecule has 4 heteroatoms. The van der Waals surface area contributed by atoms with Crippen LogP contribution in [0.15, 0.2) is 42.5 Å². The summed E-state index contributed by atoms with van der Waals surface area (Å²) in [7, 11) is 1.68. The zero-order valence-electron chi connectivity index (χ0n) is 12.3. The number of rotatable bonds is 4. The smallest absolute Gasteiger partial charge is 0.124 e. The Balaban J connectivity index is 1.84. The maximum Gasteiger partial charge on any atom is 0.124 e. The minimum absolute atomic E-state index is 0.149. The van der Waals surface area contributed by atoms with E-state index in [1.54, 1.807) is 7.11 Å². The average Bonchev–Trinajstić information content (AvgIpc) is 2.93. The van der Waals surface area contributed by atoms with Crippen LogP contribution in [0.2, 0.25) is 0 Å². The number of imidazole rings is 1. The van der Waals surface area contributed by atoms with E-state index in [1.165, 1.54) is 11.1 Å². The second kappa shape index (κ2) is 5.58. The third-order valence-electron chi connectivity index (χ3n) is 3.75. The highest BCUT2D eigenvalue weighted by Crippen LogP contribution is 2.22. The van der Waals surface area contributed by atoms with Crippen molar-refractivity contribution in [3.8, 4) is 5.75 Å². The number of aryl methyl sites for hydroxylation is 1. The molecule has 0 aliphatic rings. The molecule has 1 heterocycles. The lowest BCUT2D eigenvalue weighted by Crippen LogP contribution is -2.15. The quantitative estimate of drug-likeness (QED) is 0.772. The first-order chi connectivity index (χ1) is 10.2. The van der Waals surface area contributed by atoms with Crippen LogP contribution in [-0.2, 0) is 6.42 Å². The van der Waals surface area contributed by atoms with Crippen molar-refractivity contribution >= 4 is 11.0 Å². The minimum Gasteiger partial charge on any atom is -0.497 e. The molecule has 0 amide bonds. The van der Waals surface area contributed by atoms with Crippen molar-refractivity contribution in [1.82, 2.24) is 9.97 Å². The number of methoxy groups -OCH3 is 1. The maximum atomic E-state index is 6.31. The molecule has 0 bridgehead atoms. The van der Waals surface area contributed by atoms with Gasteiger partial charge < -0.3 is 15.5 Å². The van der Waals surface area contributed by atoms with Crippen LogP contribution in [0.5, 0.6) is 5.75 Å². The molecule has 0 spiro atoms. The SMILES string of the molecule is COc1ccc(CC(N)c2nc3ccccc3[nH]2)c(C)c1. The van der Waals surface area contributed by atoms with E-state index in [0.717, 1.165) is 29.0 Å². The van der Waals surface area contributed by atoms with Crippen molar-refractivity contribution in [2.75, 3.05) is 7.11 Å². The van der Waals surface area contributed by atoms with E-state index in [0.29, 0.717) is 0 Å². The van der Waals surface area contributed by atoms with Gasteiger partial charge in [0.05, 0.1) is 24.2 Å². The second-order valence-corrected chi connectivity index (χ2v) is 5.24. The molecule has 0 fully saturated rings. The van der Waals surface area contributed by atoms with Crippen LogP contribution in [0, 0.1) is 6.92 Å². The van der Waals surface area contributed by atoms with Gasteiger partial charge in [0.15, 0.2) is 0 Å². The number of fused-ring (bicyclic) bond motifs is 1. The molecular formula is C17H19N3O. The Morgan fingerprint density at radius 2 is 2.05 bits per heavy atom. The van der Waals surface area contributed by atoms with Crippen LogP contribution < -0.4 is 10.5 Å². The Labute approximate surface area is 124 Å². The molecule has 0 aliphatic heterocycles. The number of nitrogens with one attached hydrogen (secondary N) is 1. The fourth-order valence-corrected chi connectivity index (χ4v) is 2.51. The van der Waals surface area contributed by atoms with Crippen molar-refractivity contribution in [2.45, 2.75) is 19.4 Å². The van der Waals surface area contributed by atoms with E-state index in [1.807, 2.05) is 36.4 Å². The average molecular weight is 281 g/mol. The molecule has 2 aromatic carbocycles. The first-order valence-electron chi connectivity index (χ1n) is 7.01. The van der Waals surface area contributed by atoms with E-state index in [-0.39, 0.29) is 6.04 Å². The topological polar surface area (TPSA) is 63.9 Å². The fourth-order valence-electron chi connectivity index (χ4n) is 2.51. The standard InChI is InChI=1S/C17H19N3O/c1-11-9-13(21-2)8-7-12(11)10-14(18)17-19-15-5-3-4-6-16(15)20-17/h3-9,14H,10,18H2,1-2H3,(H,19,20). The van der Waals surface area contributed by atoms with Crippen LogP contribution in [0.1, 0.15) is 23.0 Å². The number of H-pyrrole nitrogens is 1. The number of hydrogen-bond donors (Lipinski definition) is 2. The Morgan fingerprint density at radius 3 is 2.76 bits per heavy atom. The molecule has 0 saturated carbocycles. The summed E-state index contributed by atoms with van der Waals surface area (Å²) in [6.07, 6.45) is 0.746. The number of benzene rings is 2. The predicted octanol–water partition coefficient (Wildman–Crippen LogP) is 3.12. The molecule has 108 valence electrons. The summed E-state index contributed by atoms with van der Waals surface area (Å²) in [5.41, 5.74) is 10.7. The number of aromatic amines is 1. The number of para-hydroxylation sites is 2. The molecule has 0 aliphatic carbocycles. The van der Waals surface area contributed by atoms with Gasteiger partial charge in [-0.2, -0.15) is 0 Å². The Hall–Kier alpha value is -2.33. The number of ether oxygens (including phenoxy) is 1. The van der Waals surface area contributed by atoms with Gasteiger partial charge in [0.1, 0.15) is 11.6 Å². The third kappa shape index (κ3) is 2.76. The molecule has 1 atom stereocenters. The molecule has 1 aromatic heterocycles. The lowest BCUT2D eigenvalue weighted by Gasteiger charge is -2.12. The van der Waals surface area contributed by atoms with Gasteiger partial charge in [0, 0.05) is 0 Å². The second-order valence-electron chi connectivity index (χ2n) is 5.24. The van der Waals surface area contributed by atoms with Crippen molar-refractivity contribution in [3.63, 3.8) is 0 Å². The van der Waals surface area contributed by atoms with Crippen molar-refractivity contribution in [2.24, 2.45) is 5.73 Å². The number of hydrogen-bond acceptors (Lipinski definition) is 3. The van der Waals surface area contributed by atoms with E-state index in [4.69, 9.17) is 10.5 Å². The first-order valence-corrected chi connectivity index (χ1v) is 7.01. The molecule has 3 N–H and O–H groups in total. The third-order valence-corrected chi connectivity index (χ3v) is 3.75. The molecule has 4 nitrogen and oxygen atoms in total. The molecule has 0 radical (unpaired) electrons. The van der Waals surface area contributed by atoms with E-state index in [9.17, 15) is 0 Å². The molecule has 3 rings (SSSR count). The Kier molecular flexibility index (Phi) is 3.62. The first kappa shape index (κ1) is 13.6. The minimum atomic E-state index is -0.149. The van der Waals surface area contributed by atoms with Crippen LogP contribution in [-0.4, -0.2) is 17.1 Å². The molecule has 0 saturated heterocycles. The predicted molar refractivity (Wildman–Crippen MR) is 84.5 cm³/mol. The zero-order valence-corrected chi connectivity index (χ0v) is 12.3. The number of nitrogens with two attached hydrogens (primary N) is 1. The van der Waals surface area contributed by atoms with Gasteiger partial charge in [-0.1, -0.05) is 18.2 Å². The molecule has 1 unspecified atom stereocenters. The lowest BCUT2D eigenvalue weighted by atomic mass is 10.0. The van der Waals surface area contributed by atoms with Gasteiger partial charge in [0.25, 0.3) is 0 Å². The monoisotopic (exact) mass is 281 g/mol. The van der Waals surface area contributed by atoms with Gasteiger partial charge in [-0.15, -0.1) is 0 Å². The van der Waals surface area contributed by atoms with Crippen LogP contribution >= 0.6 is 0 Å². The van der Waals surface area contributed by atoms with Crippen molar-refractivity contribution in [1.29, 1.82) is 0 Å². The largest absolute Gasteiger partial charge is 0.497 e. The molecular weight excluding hydrogens is 262 g/mol. The summed E-state index contributed by atoms with van der Waals surface area (Å²) in [5.74, 6) is 1.69. The summed E-state index contributed by atoms with van der Waals surface area (Å²) >= 11 is 0. The van der Waals surface area contributed by atoms with Gasteiger partial charge >= 0.3 is 0 Å². The van der Waals surface area contributed by atoms with Crippen molar-refractivity contribution in [3.05, 3.63) is 59.4 Å². The number of nitrogens with zero attached hydrogens (tertiary/aromatic N) is 1. The van der Waals surface area contributed by atoms with Crippen LogP contribution in [0.4, 0.5) is 0 Å². The highest BCUT2D eigenvalue weighted by Gasteiger charge is 2.13. The molecule has 21 heavy (non-hydrogen) atoms. The zero-order chi connectivity index (χ0) is 14.8. The van der Waals surface area contributed by atoms with E-state index < -0.39 is 0 Å². The maximum absolute atomic E-state index is 6.31. The Morgan fingerprint density at radius 1 is 1.24 bits per heavy atom. The summed E-state index contributed by atoms with van der Waals surface area (Å²) in [6, 6.07) is 13.9. The van der Waals surface area contributed by atoms with Gasteiger partial charge in [-0.05, 0) is 48.7 Å². The molecule has 3 aromatic rings. The van der Waals surface area contributed by atoms with Crippen LogP contribution in [0.3, 0.4) is 0 Å². The summed E-state index contributed by atoms with van der Waals surface area (Å²) in [6.45, 7) is 2.07.